The molecule has 0 aliphatic carbocycles. The maximum atomic E-state index is 12.8. The molecule has 4 rings (SSSR count). The van der Waals surface area contributed by atoms with Crippen LogP contribution in [0.25, 0.3) is 27.8 Å². The van der Waals surface area contributed by atoms with Crippen LogP contribution in [-0.2, 0) is 19.8 Å². The number of pyridine rings is 1. The summed E-state index contributed by atoms with van der Waals surface area (Å²) in [6.45, 7) is -0.191. The van der Waals surface area contributed by atoms with Crippen molar-refractivity contribution in [3.05, 3.63) is 53.9 Å². The van der Waals surface area contributed by atoms with Crippen LogP contribution in [0, 0.1) is 0 Å². The molecule has 0 spiro atoms. The van der Waals surface area contributed by atoms with Gasteiger partial charge in [-0.2, -0.15) is 18.3 Å². The van der Waals surface area contributed by atoms with E-state index in [9.17, 15) is 18.3 Å². The van der Waals surface area contributed by atoms with Gasteiger partial charge in [-0.3, -0.25) is 9.25 Å². The molecule has 1 aromatic carbocycles. The molecule has 0 radical (unpaired) electrons. The van der Waals surface area contributed by atoms with Gasteiger partial charge in [-0.05, 0) is 36.4 Å². The van der Waals surface area contributed by atoms with E-state index >= 15 is 0 Å². The quantitative estimate of drug-likeness (QED) is 0.605. The second kappa shape index (κ2) is 5.32. The summed E-state index contributed by atoms with van der Waals surface area (Å²) in [5.74, 6) is 0. The third-order valence-corrected chi connectivity index (χ3v) is 4.06. The number of hydrogen-bond donors (Lipinski definition) is 1. The van der Waals surface area contributed by atoms with E-state index in [1.807, 2.05) is 0 Å². The molecular weight excluding hydrogens is 333 g/mol. The first kappa shape index (κ1) is 15.6. The molecule has 8 heteroatoms. The van der Waals surface area contributed by atoms with Gasteiger partial charge in [0.15, 0.2) is 5.65 Å². The number of aromatic nitrogens is 4. The van der Waals surface area contributed by atoms with Crippen LogP contribution in [0.15, 0.2) is 42.6 Å². The van der Waals surface area contributed by atoms with E-state index in [2.05, 4.69) is 10.1 Å². The van der Waals surface area contributed by atoms with Crippen LogP contribution in [0.3, 0.4) is 0 Å². The molecule has 5 nitrogen and oxygen atoms in total. The van der Waals surface area contributed by atoms with Crippen LogP contribution in [-0.4, -0.2) is 24.4 Å². The number of aliphatic hydroxyl groups excluding tert-OH is 1. The van der Waals surface area contributed by atoms with Gasteiger partial charge in [0.1, 0.15) is 5.52 Å². The number of halogens is 3. The number of hydrogen-bond acceptors (Lipinski definition) is 3. The summed E-state index contributed by atoms with van der Waals surface area (Å²) in [5.41, 5.74) is 2.34. The predicted molar refractivity (Wildman–Crippen MR) is 86.3 cm³/mol. The van der Waals surface area contributed by atoms with Crippen molar-refractivity contribution in [3.8, 4) is 5.69 Å². The molecule has 4 aromatic rings. The molecule has 128 valence electrons. The molecule has 0 saturated heterocycles. The maximum Gasteiger partial charge on any atom is 0.416 e. The maximum absolute atomic E-state index is 12.8. The van der Waals surface area contributed by atoms with Crippen LogP contribution in [0.4, 0.5) is 13.2 Å². The van der Waals surface area contributed by atoms with E-state index in [1.165, 1.54) is 12.1 Å². The van der Waals surface area contributed by atoms with E-state index in [0.29, 0.717) is 22.5 Å². The van der Waals surface area contributed by atoms with E-state index in [0.717, 1.165) is 23.0 Å². The number of aliphatic hydroxyl groups is 1. The lowest BCUT2D eigenvalue weighted by Crippen LogP contribution is -2.05. The van der Waals surface area contributed by atoms with Gasteiger partial charge in [0.25, 0.3) is 0 Å². The number of rotatable bonds is 2. The van der Waals surface area contributed by atoms with E-state index in [-0.39, 0.29) is 6.61 Å². The van der Waals surface area contributed by atoms with Crippen molar-refractivity contribution in [1.29, 1.82) is 0 Å². The van der Waals surface area contributed by atoms with Gasteiger partial charge in [-0.1, -0.05) is 0 Å². The fourth-order valence-corrected chi connectivity index (χ4v) is 2.94. The Bertz CT molecular complexity index is 1080. The minimum absolute atomic E-state index is 0.191. The van der Waals surface area contributed by atoms with Crippen LogP contribution < -0.4 is 0 Å². The first-order chi connectivity index (χ1) is 11.9. The molecule has 0 atom stereocenters. The standard InChI is InChI=1S/C17H13F3N4O/c1-23-8-13-15-14(7-4-11(9-25)21-15)24(16(13)22-23)12-5-2-10(3-6-12)17(18,19)20/h2-8,25H,9H2,1H3. The number of fused-ring (bicyclic) bond motifs is 3. The number of nitrogens with zero attached hydrogens (tertiary/aromatic N) is 4. The third-order valence-electron chi connectivity index (χ3n) is 4.06. The van der Waals surface area contributed by atoms with Gasteiger partial charge in [0.05, 0.1) is 28.8 Å². The predicted octanol–water partition coefficient (Wildman–Crippen LogP) is 3.42. The summed E-state index contributed by atoms with van der Waals surface area (Å²) in [5, 5.41) is 14.5. The van der Waals surface area contributed by atoms with Crippen molar-refractivity contribution in [2.24, 2.45) is 7.05 Å². The SMILES string of the molecule is Cn1cc2c3nc(CO)ccc3n(-c3ccc(C(F)(F)F)cc3)c2n1. The molecule has 1 N–H and O–H groups in total. The lowest BCUT2D eigenvalue weighted by Gasteiger charge is -2.10. The smallest absolute Gasteiger partial charge is 0.390 e. The second-order valence-corrected chi connectivity index (χ2v) is 5.75. The van der Waals surface area contributed by atoms with Crippen molar-refractivity contribution < 1.29 is 18.3 Å². The Kier molecular flexibility index (Phi) is 3.33. The summed E-state index contributed by atoms with van der Waals surface area (Å²) in [6.07, 6.45) is -2.58. The highest BCUT2D eigenvalue weighted by Crippen LogP contribution is 2.33. The Hall–Kier alpha value is -2.87. The Morgan fingerprint density at radius 3 is 2.44 bits per heavy atom. The highest BCUT2D eigenvalue weighted by atomic mass is 19.4. The van der Waals surface area contributed by atoms with Crippen molar-refractivity contribution in [1.82, 2.24) is 19.3 Å². The lowest BCUT2D eigenvalue weighted by atomic mass is 10.2. The summed E-state index contributed by atoms with van der Waals surface area (Å²) in [7, 11) is 1.76. The summed E-state index contributed by atoms with van der Waals surface area (Å²) in [6, 6.07) is 8.39. The van der Waals surface area contributed by atoms with Crippen molar-refractivity contribution in [3.63, 3.8) is 0 Å². The minimum Gasteiger partial charge on any atom is -0.390 e. The molecule has 0 unspecified atom stereocenters. The average molecular weight is 346 g/mol. The van der Waals surface area contributed by atoms with Crippen LogP contribution in [0.2, 0.25) is 0 Å². The third kappa shape index (κ3) is 2.45. The highest BCUT2D eigenvalue weighted by Gasteiger charge is 2.30. The molecule has 0 bridgehead atoms. The normalized spacial score (nSPS) is 12.4. The monoisotopic (exact) mass is 346 g/mol. The van der Waals surface area contributed by atoms with Gasteiger partial charge >= 0.3 is 6.18 Å². The highest BCUT2D eigenvalue weighted by molar-refractivity contribution is 6.05. The molecule has 3 aromatic heterocycles. The number of alkyl halides is 3. The fourth-order valence-electron chi connectivity index (χ4n) is 2.94. The molecule has 0 fully saturated rings. The Morgan fingerprint density at radius 2 is 1.80 bits per heavy atom. The van der Waals surface area contributed by atoms with E-state index in [4.69, 9.17) is 0 Å². The summed E-state index contributed by atoms with van der Waals surface area (Å²) >= 11 is 0. The van der Waals surface area contributed by atoms with Crippen molar-refractivity contribution in [2.45, 2.75) is 12.8 Å². The summed E-state index contributed by atoms with van der Waals surface area (Å²) < 4.78 is 41.8. The van der Waals surface area contributed by atoms with Crippen LogP contribution >= 0.6 is 0 Å². The molecule has 0 aliphatic rings. The molecule has 3 heterocycles. The average Bonchev–Trinajstić information content (AvgIpc) is 3.08. The zero-order valence-corrected chi connectivity index (χ0v) is 13.1. The van der Waals surface area contributed by atoms with Gasteiger partial charge < -0.3 is 5.11 Å². The van der Waals surface area contributed by atoms with E-state index in [1.54, 1.807) is 34.6 Å². The Labute approximate surface area is 139 Å². The van der Waals surface area contributed by atoms with Crippen molar-refractivity contribution in [2.75, 3.05) is 0 Å². The number of benzene rings is 1. The van der Waals surface area contributed by atoms with Gasteiger partial charge in [0, 0.05) is 18.9 Å². The van der Waals surface area contributed by atoms with Gasteiger partial charge in [0.2, 0.25) is 0 Å². The largest absolute Gasteiger partial charge is 0.416 e. The Morgan fingerprint density at radius 1 is 1.08 bits per heavy atom. The molecular formula is C17H13F3N4O. The lowest BCUT2D eigenvalue weighted by molar-refractivity contribution is -0.137. The van der Waals surface area contributed by atoms with E-state index < -0.39 is 11.7 Å². The first-order valence-electron chi connectivity index (χ1n) is 7.50. The Balaban J connectivity index is 1.99. The first-order valence-corrected chi connectivity index (χ1v) is 7.50. The molecule has 0 amide bonds. The molecule has 0 saturated carbocycles. The van der Waals surface area contributed by atoms with Gasteiger partial charge in [-0.25, -0.2) is 4.98 Å². The zero-order valence-electron chi connectivity index (χ0n) is 13.1. The van der Waals surface area contributed by atoms with Crippen LogP contribution in [0.5, 0.6) is 0 Å². The van der Waals surface area contributed by atoms with Crippen molar-refractivity contribution >= 4 is 22.1 Å². The van der Waals surface area contributed by atoms with Gasteiger partial charge in [-0.15, -0.1) is 0 Å². The molecule has 0 aliphatic heterocycles. The van der Waals surface area contributed by atoms with Crippen LogP contribution in [0.1, 0.15) is 11.3 Å². The second-order valence-electron chi connectivity index (χ2n) is 5.75. The number of aryl methyl sites for hydroxylation is 1. The fraction of sp³-hybridized carbons (Fsp3) is 0.176. The summed E-state index contributed by atoms with van der Waals surface area (Å²) in [4.78, 5) is 4.43. The minimum atomic E-state index is -4.38. The zero-order chi connectivity index (χ0) is 17.8. The molecule has 25 heavy (non-hydrogen) atoms. The topological polar surface area (TPSA) is 55.9 Å².